The smallest absolute Gasteiger partial charge is 0.162 e. The van der Waals surface area contributed by atoms with Gasteiger partial charge in [0, 0.05) is 40.4 Å². The van der Waals surface area contributed by atoms with Crippen LogP contribution < -0.4 is 4.90 Å². The molecule has 6 aromatic carbocycles. The highest BCUT2D eigenvalue weighted by Crippen LogP contribution is 2.43. The van der Waals surface area contributed by atoms with Crippen molar-refractivity contribution in [3.8, 4) is 27.9 Å². The van der Waals surface area contributed by atoms with Crippen molar-refractivity contribution in [3.05, 3.63) is 176 Å². The summed E-state index contributed by atoms with van der Waals surface area (Å²) >= 11 is 0. The first-order chi connectivity index (χ1) is 21.8. The molecule has 0 saturated carbocycles. The fraction of sp³-hybridized carbons (Fsp3) is 0. The molecule has 0 aliphatic heterocycles. The number of benzene rings is 6. The van der Waals surface area contributed by atoms with Crippen LogP contribution in [0.5, 0.6) is 0 Å². The molecule has 44 heavy (non-hydrogen) atoms. The van der Waals surface area contributed by atoms with Crippen LogP contribution in [0.25, 0.3) is 49.6 Å². The minimum atomic E-state index is 0.874. The predicted molar refractivity (Wildman–Crippen MR) is 184 cm³/mol. The first kappa shape index (κ1) is 25.8. The fourth-order valence-electron chi connectivity index (χ4n) is 6.20. The van der Waals surface area contributed by atoms with Crippen LogP contribution in [0.3, 0.4) is 0 Å². The standard InChI is InChI=1S/C41H29N3/c1-4-13-30(14-5-1)31-23-25-33(26-24-31)43-29-39(37-22-12-16-32-15-10-11-21-36(32)37)38-27-28-42-41(40(38)43)44(34-17-6-2-7-18-34)35-19-8-3-9-20-35/h1-29H. The van der Waals surface area contributed by atoms with E-state index in [-0.39, 0.29) is 0 Å². The molecule has 0 fully saturated rings. The van der Waals surface area contributed by atoms with Crippen LogP contribution >= 0.6 is 0 Å². The molecular weight excluding hydrogens is 534 g/mol. The maximum atomic E-state index is 5.09. The third kappa shape index (κ3) is 4.52. The van der Waals surface area contributed by atoms with Gasteiger partial charge in [-0.2, -0.15) is 0 Å². The average Bonchev–Trinajstić information content (AvgIpc) is 3.50. The van der Waals surface area contributed by atoms with Crippen LogP contribution in [0.15, 0.2) is 176 Å². The molecule has 0 aliphatic rings. The summed E-state index contributed by atoms with van der Waals surface area (Å²) in [4.78, 5) is 7.34. The number of nitrogens with zero attached hydrogens (tertiary/aromatic N) is 3. The lowest BCUT2D eigenvalue weighted by Crippen LogP contribution is -2.13. The maximum Gasteiger partial charge on any atom is 0.162 e. The van der Waals surface area contributed by atoms with Gasteiger partial charge in [0.2, 0.25) is 0 Å². The van der Waals surface area contributed by atoms with Crippen LogP contribution in [0.4, 0.5) is 17.2 Å². The van der Waals surface area contributed by atoms with E-state index < -0.39 is 0 Å². The number of hydrogen-bond acceptors (Lipinski definition) is 2. The first-order valence-corrected chi connectivity index (χ1v) is 14.9. The third-order valence-corrected chi connectivity index (χ3v) is 8.27. The summed E-state index contributed by atoms with van der Waals surface area (Å²) in [5.74, 6) is 0.874. The van der Waals surface area contributed by atoms with Crippen molar-refractivity contribution in [2.24, 2.45) is 0 Å². The summed E-state index contributed by atoms with van der Waals surface area (Å²) in [5.41, 5.74) is 9.01. The Bertz CT molecular complexity index is 2160. The second-order valence-electron chi connectivity index (χ2n) is 10.9. The molecule has 0 saturated heterocycles. The summed E-state index contributed by atoms with van der Waals surface area (Å²) in [6.45, 7) is 0. The zero-order valence-electron chi connectivity index (χ0n) is 24.1. The van der Waals surface area contributed by atoms with Gasteiger partial charge in [0.1, 0.15) is 0 Å². The zero-order chi connectivity index (χ0) is 29.3. The average molecular weight is 564 g/mol. The monoisotopic (exact) mass is 563 g/mol. The van der Waals surface area contributed by atoms with Crippen LogP contribution in [0.2, 0.25) is 0 Å². The van der Waals surface area contributed by atoms with E-state index in [1.807, 2.05) is 6.20 Å². The van der Waals surface area contributed by atoms with Crippen molar-refractivity contribution in [2.75, 3.05) is 4.90 Å². The molecular formula is C41H29N3. The molecule has 0 aliphatic carbocycles. The summed E-state index contributed by atoms with van der Waals surface area (Å²) in [5, 5.41) is 3.60. The van der Waals surface area contributed by atoms with Crippen LogP contribution in [-0.4, -0.2) is 9.55 Å². The Balaban J connectivity index is 1.41. The van der Waals surface area contributed by atoms with Crippen molar-refractivity contribution in [1.82, 2.24) is 9.55 Å². The SMILES string of the molecule is c1ccc(-c2ccc(-n3cc(-c4cccc5ccccc45)c4ccnc(N(c5ccccc5)c5ccccc5)c43)cc2)cc1. The molecule has 3 heteroatoms. The topological polar surface area (TPSA) is 21.1 Å². The van der Waals surface area contributed by atoms with Gasteiger partial charge < -0.3 is 4.57 Å². The predicted octanol–water partition coefficient (Wildman–Crippen LogP) is 11.0. The molecule has 0 amide bonds. The number of pyridine rings is 1. The quantitative estimate of drug-likeness (QED) is 0.201. The first-order valence-electron chi connectivity index (χ1n) is 14.9. The number of fused-ring (bicyclic) bond motifs is 2. The number of aromatic nitrogens is 2. The number of rotatable bonds is 6. The van der Waals surface area contributed by atoms with Gasteiger partial charge in [0.25, 0.3) is 0 Å². The van der Waals surface area contributed by atoms with Crippen molar-refractivity contribution in [3.63, 3.8) is 0 Å². The van der Waals surface area contributed by atoms with Crippen LogP contribution in [0, 0.1) is 0 Å². The van der Waals surface area contributed by atoms with Crippen molar-refractivity contribution in [2.45, 2.75) is 0 Å². The molecule has 8 rings (SSSR count). The molecule has 8 aromatic rings. The minimum absolute atomic E-state index is 0.874. The van der Waals surface area contributed by atoms with E-state index in [1.54, 1.807) is 0 Å². The molecule has 0 bridgehead atoms. The molecule has 2 heterocycles. The lowest BCUT2D eigenvalue weighted by molar-refractivity contribution is 1.10. The van der Waals surface area contributed by atoms with Gasteiger partial charge in [-0.05, 0) is 69.9 Å². The van der Waals surface area contributed by atoms with E-state index in [4.69, 9.17) is 4.98 Å². The minimum Gasteiger partial charge on any atom is -0.313 e. The van der Waals surface area contributed by atoms with Crippen molar-refractivity contribution < 1.29 is 0 Å². The van der Waals surface area contributed by atoms with E-state index in [2.05, 4.69) is 179 Å². The second-order valence-corrected chi connectivity index (χ2v) is 10.9. The molecule has 0 radical (unpaired) electrons. The molecule has 0 atom stereocenters. The van der Waals surface area contributed by atoms with Gasteiger partial charge in [-0.3, -0.25) is 4.90 Å². The molecule has 2 aromatic heterocycles. The Kier molecular flexibility index (Phi) is 6.47. The summed E-state index contributed by atoms with van der Waals surface area (Å²) in [7, 11) is 0. The van der Waals surface area contributed by atoms with Crippen LogP contribution in [-0.2, 0) is 0 Å². The highest BCUT2D eigenvalue weighted by molar-refractivity contribution is 6.09. The molecule has 3 nitrogen and oxygen atoms in total. The number of hydrogen-bond donors (Lipinski definition) is 0. The van der Waals surface area contributed by atoms with E-state index in [1.165, 1.54) is 33.0 Å². The van der Waals surface area contributed by atoms with Gasteiger partial charge >= 0.3 is 0 Å². The molecule has 0 spiro atoms. The van der Waals surface area contributed by atoms with Gasteiger partial charge in [0.05, 0.1) is 5.52 Å². The normalized spacial score (nSPS) is 11.2. The lowest BCUT2D eigenvalue weighted by Gasteiger charge is -2.25. The summed E-state index contributed by atoms with van der Waals surface area (Å²) < 4.78 is 2.31. The lowest BCUT2D eigenvalue weighted by atomic mass is 9.98. The Labute approximate surface area is 256 Å². The summed E-state index contributed by atoms with van der Waals surface area (Å²) in [6, 6.07) is 57.6. The highest BCUT2D eigenvalue weighted by atomic mass is 15.2. The Morgan fingerprint density at radius 3 is 1.75 bits per heavy atom. The zero-order valence-corrected chi connectivity index (χ0v) is 24.1. The van der Waals surface area contributed by atoms with E-state index in [9.17, 15) is 0 Å². The second kappa shape index (κ2) is 11.0. The van der Waals surface area contributed by atoms with Gasteiger partial charge in [0.15, 0.2) is 5.82 Å². The number of anilines is 3. The number of para-hydroxylation sites is 2. The fourth-order valence-corrected chi connectivity index (χ4v) is 6.20. The third-order valence-electron chi connectivity index (χ3n) is 8.27. The van der Waals surface area contributed by atoms with Crippen LogP contribution in [0.1, 0.15) is 0 Å². The van der Waals surface area contributed by atoms with Gasteiger partial charge in [-0.15, -0.1) is 0 Å². The molecule has 208 valence electrons. The Hall–Kier alpha value is -5.93. The van der Waals surface area contributed by atoms with Crippen molar-refractivity contribution >= 4 is 38.9 Å². The molecule has 0 unspecified atom stereocenters. The van der Waals surface area contributed by atoms with Gasteiger partial charge in [-0.1, -0.05) is 121 Å². The summed E-state index contributed by atoms with van der Waals surface area (Å²) in [6.07, 6.45) is 4.22. The maximum absolute atomic E-state index is 5.09. The van der Waals surface area contributed by atoms with E-state index >= 15 is 0 Å². The Morgan fingerprint density at radius 1 is 0.455 bits per heavy atom. The largest absolute Gasteiger partial charge is 0.313 e. The van der Waals surface area contributed by atoms with E-state index in [0.717, 1.165) is 33.8 Å². The van der Waals surface area contributed by atoms with Gasteiger partial charge in [-0.25, -0.2) is 4.98 Å². The van der Waals surface area contributed by atoms with Crippen molar-refractivity contribution in [1.29, 1.82) is 0 Å². The Morgan fingerprint density at radius 2 is 1.05 bits per heavy atom. The highest BCUT2D eigenvalue weighted by Gasteiger charge is 2.22. The van der Waals surface area contributed by atoms with E-state index in [0.29, 0.717) is 0 Å². The molecule has 0 N–H and O–H groups in total.